The predicted molar refractivity (Wildman–Crippen MR) is 69.9 cm³/mol. The monoisotopic (exact) mass is 247 g/mol. The molecule has 1 aliphatic rings. The summed E-state index contributed by atoms with van der Waals surface area (Å²) >= 11 is 0. The lowest BCUT2D eigenvalue weighted by Gasteiger charge is -2.08. The number of amides is 1. The predicted octanol–water partition coefficient (Wildman–Crippen LogP) is 2.11. The van der Waals surface area contributed by atoms with Crippen molar-refractivity contribution >= 4 is 5.91 Å². The van der Waals surface area contributed by atoms with Crippen molar-refractivity contribution in [1.82, 2.24) is 15.3 Å². The van der Waals surface area contributed by atoms with Crippen LogP contribution in [-0.4, -0.2) is 22.4 Å². The molecule has 4 heteroatoms. The van der Waals surface area contributed by atoms with Crippen molar-refractivity contribution in [3.63, 3.8) is 0 Å². The van der Waals surface area contributed by atoms with Gasteiger partial charge in [-0.1, -0.05) is 25.7 Å². The Morgan fingerprint density at radius 3 is 2.72 bits per heavy atom. The molecule has 0 unspecified atom stereocenters. The summed E-state index contributed by atoms with van der Waals surface area (Å²) in [4.78, 5) is 19.5. The summed E-state index contributed by atoms with van der Waals surface area (Å²) in [6.45, 7) is 0.677. The summed E-state index contributed by atoms with van der Waals surface area (Å²) in [7, 11) is 0. The van der Waals surface area contributed by atoms with Crippen LogP contribution in [-0.2, 0) is 11.2 Å². The number of hydrogen-bond acceptors (Lipinski definition) is 3. The SMILES string of the molecule is O=C(CCC1CCCC1)NCCc1cncnc1. The quantitative estimate of drug-likeness (QED) is 0.837. The molecule has 18 heavy (non-hydrogen) atoms. The van der Waals surface area contributed by atoms with E-state index in [0.717, 1.165) is 24.3 Å². The zero-order valence-corrected chi connectivity index (χ0v) is 10.8. The van der Waals surface area contributed by atoms with Crippen LogP contribution in [0.1, 0.15) is 44.1 Å². The lowest BCUT2D eigenvalue weighted by atomic mass is 10.0. The summed E-state index contributed by atoms with van der Waals surface area (Å²) in [6, 6.07) is 0. The van der Waals surface area contributed by atoms with Gasteiger partial charge in [-0.15, -0.1) is 0 Å². The van der Waals surface area contributed by atoms with E-state index in [2.05, 4.69) is 15.3 Å². The maximum absolute atomic E-state index is 11.6. The maximum atomic E-state index is 11.6. The van der Waals surface area contributed by atoms with Crippen LogP contribution < -0.4 is 5.32 Å². The van der Waals surface area contributed by atoms with Gasteiger partial charge < -0.3 is 5.32 Å². The second-order valence-corrected chi connectivity index (χ2v) is 5.04. The van der Waals surface area contributed by atoms with Gasteiger partial charge in [0.1, 0.15) is 6.33 Å². The van der Waals surface area contributed by atoms with E-state index in [1.54, 1.807) is 12.4 Å². The molecule has 1 amide bonds. The fourth-order valence-electron chi connectivity index (χ4n) is 2.53. The minimum Gasteiger partial charge on any atom is -0.356 e. The zero-order valence-electron chi connectivity index (χ0n) is 10.8. The number of nitrogens with zero attached hydrogens (tertiary/aromatic N) is 2. The van der Waals surface area contributed by atoms with Gasteiger partial charge in [-0.3, -0.25) is 4.79 Å². The molecule has 2 rings (SSSR count). The number of aromatic nitrogens is 2. The lowest BCUT2D eigenvalue weighted by Crippen LogP contribution is -2.25. The first-order valence-corrected chi connectivity index (χ1v) is 6.85. The third-order valence-corrected chi connectivity index (χ3v) is 3.60. The topological polar surface area (TPSA) is 54.9 Å². The van der Waals surface area contributed by atoms with Crippen LogP contribution in [0.15, 0.2) is 18.7 Å². The number of hydrogen-bond donors (Lipinski definition) is 1. The second-order valence-electron chi connectivity index (χ2n) is 5.04. The standard InChI is InChI=1S/C14H21N3O/c18-14(6-5-12-3-1-2-4-12)17-8-7-13-9-15-11-16-10-13/h9-12H,1-8H2,(H,17,18). The van der Waals surface area contributed by atoms with Gasteiger partial charge in [0.05, 0.1) is 0 Å². The molecule has 0 saturated heterocycles. The number of nitrogens with one attached hydrogen (secondary N) is 1. The van der Waals surface area contributed by atoms with Gasteiger partial charge >= 0.3 is 0 Å². The number of carbonyl (C=O) groups excluding carboxylic acids is 1. The normalized spacial score (nSPS) is 15.8. The lowest BCUT2D eigenvalue weighted by molar-refractivity contribution is -0.121. The zero-order chi connectivity index (χ0) is 12.6. The minimum absolute atomic E-state index is 0.179. The molecule has 1 aliphatic carbocycles. The third-order valence-electron chi connectivity index (χ3n) is 3.60. The highest BCUT2D eigenvalue weighted by Crippen LogP contribution is 2.28. The second kappa shape index (κ2) is 7.09. The molecule has 4 nitrogen and oxygen atoms in total. The Kier molecular flexibility index (Phi) is 5.12. The molecule has 1 N–H and O–H groups in total. The molecule has 0 radical (unpaired) electrons. The number of rotatable bonds is 6. The van der Waals surface area contributed by atoms with E-state index in [1.807, 2.05) is 0 Å². The minimum atomic E-state index is 0.179. The number of carbonyl (C=O) groups is 1. The van der Waals surface area contributed by atoms with Gasteiger partial charge in [0, 0.05) is 25.4 Å². The van der Waals surface area contributed by atoms with Crippen molar-refractivity contribution in [3.8, 4) is 0 Å². The van der Waals surface area contributed by atoms with Gasteiger partial charge in [-0.25, -0.2) is 9.97 Å². The molecular weight excluding hydrogens is 226 g/mol. The molecule has 1 aromatic heterocycles. The van der Waals surface area contributed by atoms with Crippen LogP contribution in [0.4, 0.5) is 0 Å². The Labute approximate surface area is 108 Å². The first-order chi connectivity index (χ1) is 8.84. The molecule has 1 fully saturated rings. The Hall–Kier alpha value is -1.45. The van der Waals surface area contributed by atoms with Gasteiger partial charge in [0.2, 0.25) is 5.91 Å². The molecule has 0 atom stereocenters. The summed E-state index contributed by atoms with van der Waals surface area (Å²) in [5.74, 6) is 0.969. The van der Waals surface area contributed by atoms with Crippen molar-refractivity contribution in [3.05, 3.63) is 24.3 Å². The summed E-state index contributed by atoms with van der Waals surface area (Å²) in [5.41, 5.74) is 1.06. The van der Waals surface area contributed by atoms with Crippen molar-refractivity contribution in [2.75, 3.05) is 6.54 Å². The Bertz CT molecular complexity index is 361. The molecule has 0 bridgehead atoms. The molecule has 1 aromatic rings. The highest BCUT2D eigenvalue weighted by atomic mass is 16.1. The summed E-state index contributed by atoms with van der Waals surface area (Å²) in [5, 5.41) is 2.96. The van der Waals surface area contributed by atoms with Crippen LogP contribution in [0.25, 0.3) is 0 Å². The molecule has 1 heterocycles. The van der Waals surface area contributed by atoms with Crippen LogP contribution in [0.3, 0.4) is 0 Å². The highest BCUT2D eigenvalue weighted by Gasteiger charge is 2.15. The van der Waals surface area contributed by atoms with Crippen LogP contribution >= 0.6 is 0 Å². The molecule has 0 aliphatic heterocycles. The molecule has 0 spiro atoms. The van der Waals surface area contributed by atoms with Crippen molar-refractivity contribution in [2.45, 2.75) is 44.9 Å². The van der Waals surface area contributed by atoms with E-state index in [0.29, 0.717) is 13.0 Å². The largest absolute Gasteiger partial charge is 0.356 e. The Morgan fingerprint density at radius 1 is 1.28 bits per heavy atom. The van der Waals surface area contributed by atoms with E-state index < -0.39 is 0 Å². The van der Waals surface area contributed by atoms with E-state index in [-0.39, 0.29) is 5.91 Å². The first-order valence-electron chi connectivity index (χ1n) is 6.85. The van der Waals surface area contributed by atoms with Gasteiger partial charge in [-0.2, -0.15) is 0 Å². The Balaban J connectivity index is 1.57. The van der Waals surface area contributed by atoms with E-state index in [1.165, 1.54) is 32.0 Å². The molecule has 1 saturated carbocycles. The van der Waals surface area contributed by atoms with E-state index in [4.69, 9.17) is 0 Å². The highest BCUT2D eigenvalue weighted by molar-refractivity contribution is 5.75. The maximum Gasteiger partial charge on any atom is 0.220 e. The fourth-order valence-corrected chi connectivity index (χ4v) is 2.53. The van der Waals surface area contributed by atoms with E-state index in [9.17, 15) is 4.79 Å². The summed E-state index contributed by atoms with van der Waals surface area (Å²) in [6.07, 6.45) is 13.0. The average Bonchev–Trinajstić information content (AvgIpc) is 2.91. The molecule has 98 valence electrons. The van der Waals surface area contributed by atoms with Crippen molar-refractivity contribution in [1.29, 1.82) is 0 Å². The molecular formula is C14H21N3O. The molecule has 0 aromatic carbocycles. The van der Waals surface area contributed by atoms with Gasteiger partial charge in [-0.05, 0) is 24.3 Å². The third kappa shape index (κ3) is 4.43. The fraction of sp³-hybridized carbons (Fsp3) is 0.643. The summed E-state index contributed by atoms with van der Waals surface area (Å²) < 4.78 is 0. The van der Waals surface area contributed by atoms with Gasteiger partial charge in [0.25, 0.3) is 0 Å². The van der Waals surface area contributed by atoms with Crippen LogP contribution in [0, 0.1) is 5.92 Å². The van der Waals surface area contributed by atoms with Crippen LogP contribution in [0.2, 0.25) is 0 Å². The smallest absolute Gasteiger partial charge is 0.220 e. The van der Waals surface area contributed by atoms with Crippen LogP contribution in [0.5, 0.6) is 0 Å². The van der Waals surface area contributed by atoms with E-state index >= 15 is 0 Å². The van der Waals surface area contributed by atoms with Gasteiger partial charge in [0.15, 0.2) is 0 Å². The first kappa shape index (κ1) is 13.0. The Morgan fingerprint density at radius 2 is 2.00 bits per heavy atom. The van der Waals surface area contributed by atoms with Crippen molar-refractivity contribution in [2.24, 2.45) is 5.92 Å². The average molecular weight is 247 g/mol. The van der Waals surface area contributed by atoms with Crippen molar-refractivity contribution < 1.29 is 4.79 Å².